The van der Waals surface area contributed by atoms with Crippen LogP contribution < -0.4 is 4.74 Å². The summed E-state index contributed by atoms with van der Waals surface area (Å²) in [6, 6.07) is 2.05. The number of hydrogen-bond donors (Lipinski definition) is 0. The largest absolute Gasteiger partial charge is 0.481 e. The van der Waals surface area contributed by atoms with Crippen LogP contribution in [0, 0.1) is 26.7 Å². The van der Waals surface area contributed by atoms with E-state index in [2.05, 4.69) is 31.8 Å². The zero-order chi connectivity index (χ0) is 27.8. The minimum Gasteiger partial charge on any atom is -0.481 e. The molecule has 0 N–H and O–H groups in total. The van der Waals surface area contributed by atoms with Crippen molar-refractivity contribution in [3.05, 3.63) is 43.8 Å². The van der Waals surface area contributed by atoms with Crippen LogP contribution in [0.1, 0.15) is 95.4 Å². The second kappa shape index (κ2) is 11.2. The fourth-order valence-corrected chi connectivity index (χ4v) is 7.32. The third-order valence-corrected chi connectivity index (χ3v) is 9.43. The lowest BCUT2D eigenvalue weighted by Crippen LogP contribution is -2.42. The number of fused-ring (bicyclic) bond motifs is 1. The number of carbonyl (C=O) groups excluding carboxylic acids is 2. The number of pyridine rings is 1. The van der Waals surface area contributed by atoms with Crippen molar-refractivity contribution in [1.82, 2.24) is 14.8 Å². The molecule has 2 aromatic heterocycles. The first-order valence-corrected chi connectivity index (χ1v) is 14.6. The summed E-state index contributed by atoms with van der Waals surface area (Å²) in [4.78, 5) is 37.3. The summed E-state index contributed by atoms with van der Waals surface area (Å²) < 4.78 is 11.1. The van der Waals surface area contributed by atoms with Crippen LogP contribution in [0.2, 0.25) is 0 Å². The van der Waals surface area contributed by atoms with Gasteiger partial charge in [-0.25, -0.2) is 9.78 Å². The Hall–Kier alpha value is -2.61. The van der Waals surface area contributed by atoms with Crippen molar-refractivity contribution in [2.24, 2.45) is 5.92 Å². The molecule has 1 fully saturated rings. The van der Waals surface area contributed by atoms with Gasteiger partial charge in [-0.3, -0.25) is 4.79 Å². The van der Waals surface area contributed by atoms with Gasteiger partial charge in [-0.1, -0.05) is 6.92 Å². The number of rotatable bonds is 5. The predicted octanol–water partition coefficient (Wildman–Crippen LogP) is 6.42. The van der Waals surface area contributed by atoms with Gasteiger partial charge in [0.15, 0.2) is 0 Å². The smallest absolute Gasteiger partial charge is 0.410 e. The minimum absolute atomic E-state index is 0.117. The Kier molecular flexibility index (Phi) is 8.40. The number of thiophene rings is 1. The number of amides is 2. The number of aryl methyl sites for hydroxylation is 3. The molecule has 7 nitrogen and oxygen atoms in total. The SMILES string of the molecule is COc1nc(C)cc(C)c1CN1CCCc2sc(C(C)C3CCN(C(=O)OC(C)(C)C)CC3)c(C)c2C1=O. The second-order valence-electron chi connectivity index (χ2n) is 11.9. The number of nitrogens with zero attached hydrogens (tertiary/aromatic N) is 3. The average Bonchev–Trinajstić information content (AvgIpc) is 3.09. The van der Waals surface area contributed by atoms with E-state index in [-0.39, 0.29) is 12.0 Å². The summed E-state index contributed by atoms with van der Waals surface area (Å²) in [7, 11) is 1.64. The summed E-state index contributed by atoms with van der Waals surface area (Å²) in [6.07, 6.45) is 3.55. The first-order valence-electron chi connectivity index (χ1n) is 13.8. The molecule has 2 amide bonds. The highest BCUT2D eigenvalue weighted by atomic mass is 32.1. The second-order valence-corrected chi connectivity index (χ2v) is 13.0. The Bertz CT molecular complexity index is 1190. The van der Waals surface area contributed by atoms with Crippen molar-refractivity contribution in [2.75, 3.05) is 26.7 Å². The molecule has 1 unspecified atom stereocenters. The van der Waals surface area contributed by atoms with Crippen LogP contribution >= 0.6 is 11.3 Å². The highest BCUT2D eigenvalue weighted by molar-refractivity contribution is 7.12. The van der Waals surface area contributed by atoms with Gasteiger partial charge >= 0.3 is 6.09 Å². The molecule has 0 saturated carbocycles. The molecule has 0 aromatic carbocycles. The van der Waals surface area contributed by atoms with E-state index in [1.807, 2.05) is 48.8 Å². The Morgan fingerprint density at radius 3 is 2.50 bits per heavy atom. The van der Waals surface area contributed by atoms with Gasteiger partial charge in [0.1, 0.15) is 5.60 Å². The molecule has 0 aliphatic carbocycles. The summed E-state index contributed by atoms with van der Waals surface area (Å²) in [5.41, 5.74) is 4.55. The molecule has 1 saturated heterocycles. The van der Waals surface area contributed by atoms with Crippen molar-refractivity contribution in [2.45, 2.75) is 92.2 Å². The maximum absolute atomic E-state index is 13.9. The average molecular weight is 542 g/mol. The molecule has 8 heteroatoms. The fourth-order valence-electron chi connectivity index (χ4n) is 5.83. The van der Waals surface area contributed by atoms with Gasteiger partial charge in [0.05, 0.1) is 19.2 Å². The maximum atomic E-state index is 13.9. The number of ether oxygens (including phenoxy) is 2. The molecular weight excluding hydrogens is 498 g/mol. The molecule has 1 atom stereocenters. The third kappa shape index (κ3) is 6.00. The van der Waals surface area contributed by atoms with Crippen molar-refractivity contribution in [1.29, 1.82) is 0 Å². The van der Waals surface area contributed by atoms with Crippen LogP contribution in [-0.4, -0.2) is 59.1 Å². The van der Waals surface area contributed by atoms with Crippen LogP contribution in [0.15, 0.2) is 6.07 Å². The molecule has 208 valence electrons. The van der Waals surface area contributed by atoms with Crippen LogP contribution in [0.25, 0.3) is 0 Å². The molecule has 2 aliphatic rings. The molecule has 38 heavy (non-hydrogen) atoms. The highest BCUT2D eigenvalue weighted by Crippen LogP contribution is 2.42. The molecule has 4 rings (SSSR count). The molecule has 0 bridgehead atoms. The Labute approximate surface area is 231 Å². The quantitative estimate of drug-likeness (QED) is 0.437. The van der Waals surface area contributed by atoms with Crippen LogP contribution in [-0.2, 0) is 17.7 Å². The van der Waals surface area contributed by atoms with Crippen molar-refractivity contribution in [3.8, 4) is 5.88 Å². The fraction of sp³-hybridized carbons (Fsp3) is 0.633. The topological polar surface area (TPSA) is 72.0 Å². The van der Waals surface area contributed by atoms with Crippen molar-refractivity contribution < 1.29 is 19.1 Å². The molecule has 4 heterocycles. The third-order valence-electron chi connectivity index (χ3n) is 7.88. The van der Waals surface area contributed by atoms with E-state index >= 15 is 0 Å². The van der Waals surface area contributed by atoms with Crippen LogP contribution in [0.5, 0.6) is 5.88 Å². The van der Waals surface area contributed by atoms with E-state index in [0.29, 0.717) is 37.4 Å². The molecule has 2 aliphatic heterocycles. The minimum atomic E-state index is -0.479. The van der Waals surface area contributed by atoms with Gasteiger partial charge in [-0.05, 0) is 96.3 Å². The normalized spacial score (nSPS) is 17.7. The summed E-state index contributed by atoms with van der Waals surface area (Å²) in [6.45, 7) is 16.8. The number of methoxy groups -OCH3 is 1. The van der Waals surface area contributed by atoms with E-state index in [4.69, 9.17) is 9.47 Å². The molecular formula is C30H43N3O4S. The van der Waals surface area contributed by atoms with E-state index in [9.17, 15) is 9.59 Å². The number of aromatic nitrogens is 1. The zero-order valence-corrected chi connectivity index (χ0v) is 25.1. The van der Waals surface area contributed by atoms with Gasteiger partial charge in [0, 0.05) is 40.6 Å². The van der Waals surface area contributed by atoms with Crippen molar-refractivity contribution >= 4 is 23.3 Å². The lowest BCUT2D eigenvalue weighted by atomic mass is 9.83. The first-order chi connectivity index (χ1) is 17.9. The van der Waals surface area contributed by atoms with Gasteiger partial charge in [-0.15, -0.1) is 11.3 Å². The number of hydrogen-bond acceptors (Lipinski definition) is 6. The predicted molar refractivity (Wildman–Crippen MR) is 151 cm³/mol. The number of carbonyl (C=O) groups is 2. The highest BCUT2D eigenvalue weighted by Gasteiger charge is 2.34. The molecule has 0 radical (unpaired) electrons. The first kappa shape index (κ1) is 28.4. The van der Waals surface area contributed by atoms with Crippen LogP contribution in [0.3, 0.4) is 0 Å². The van der Waals surface area contributed by atoms with Gasteiger partial charge in [0.2, 0.25) is 5.88 Å². The summed E-state index contributed by atoms with van der Waals surface area (Å²) >= 11 is 1.83. The zero-order valence-electron chi connectivity index (χ0n) is 24.3. The monoisotopic (exact) mass is 541 g/mol. The van der Waals surface area contributed by atoms with Gasteiger partial charge in [0.25, 0.3) is 5.91 Å². The van der Waals surface area contributed by atoms with E-state index in [0.717, 1.165) is 60.2 Å². The standard InChI is InChI=1S/C30H43N3O4S/c1-18-16-19(2)31-27(36-8)23(18)17-33-13-9-10-24-25(28(33)34)21(4)26(38-24)20(3)22-11-14-32(15-12-22)29(35)37-30(5,6)7/h16,20,22H,9-15,17H2,1-8H3. The van der Waals surface area contributed by atoms with E-state index < -0.39 is 5.60 Å². The molecule has 0 spiro atoms. The van der Waals surface area contributed by atoms with Crippen molar-refractivity contribution in [3.63, 3.8) is 0 Å². The van der Waals surface area contributed by atoms with Gasteiger partial charge in [-0.2, -0.15) is 0 Å². The Morgan fingerprint density at radius 2 is 1.87 bits per heavy atom. The van der Waals surface area contributed by atoms with E-state index in [1.165, 1.54) is 9.75 Å². The summed E-state index contributed by atoms with van der Waals surface area (Å²) in [5, 5.41) is 0. The lowest BCUT2D eigenvalue weighted by molar-refractivity contribution is 0.0176. The lowest BCUT2D eigenvalue weighted by Gasteiger charge is -2.35. The van der Waals surface area contributed by atoms with E-state index in [1.54, 1.807) is 7.11 Å². The van der Waals surface area contributed by atoms with Crippen LogP contribution in [0.4, 0.5) is 4.79 Å². The summed E-state index contributed by atoms with van der Waals surface area (Å²) in [5.74, 6) is 1.55. The Morgan fingerprint density at radius 1 is 1.18 bits per heavy atom. The Balaban J connectivity index is 1.50. The number of likely N-dealkylation sites (tertiary alicyclic amines) is 1. The van der Waals surface area contributed by atoms with Gasteiger partial charge < -0.3 is 19.3 Å². The maximum Gasteiger partial charge on any atom is 0.410 e. The molecule has 2 aromatic rings. The number of piperidine rings is 1.